The molecular weight excluding hydrogens is 292 g/mol. The molecule has 0 heterocycles. The lowest BCUT2D eigenvalue weighted by Gasteiger charge is -2.49. The van der Waals surface area contributed by atoms with Crippen molar-refractivity contribution in [3.05, 3.63) is 47.1 Å². The first-order chi connectivity index (χ1) is 11.6. The van der Waals surface area contributed by atoms with E-state index in [9.17, 15) is 0 Å². The third-order valence-corrected chi connectivity index (χ3v) is 7.49. The monoisotopic (exact) mass is 322 g/mol. The van der Waals surface area contributed by atoms with Crippen molar-refractivity contribution in [3.8, 4) is 5.75 Å². The van der Waals surface area contributed by atoms with Crippen LogP contribution in [0.3, 0.4) is 0 Å². The average Bonchev–Trinajstić information content (AvgIpc) is 2.96. The molecule has 1 aromatic carbocycles. The standard InChI is InChI=1S/C23H30O/c1-5-15-13-16-7-9-19-18(20(16)14-22(15)24-4)11-12-23(3)17(6-2)8-10-21(19)23/h5-6,13-14,18-19,21H,1,7-12H2,2-4H3/b17-6+/t18?,19?,21?,23-/m1/s1. The predicted molar refractivity (Wildman–Crippen MR) is 101 cm³/mol. The molecule has 3 aliphatic carbocycles. The van der Waals surface area contributed by atoms with Crippen LogP contribution in [-0.2, 0) is 6.42 Å². The highest BCUT2D eigenvalue weighted by atomic mass is 16.5. The van der Waals surface area contributed by atoms with Crippen molar-refractivity contribution in [2.45, 2.75) is 58.3 Å². The van der Waals surface area contributed by atoms with E-state index in [1.807, 2.05) is 6.08 Å². The van der Waals surface area contributed by atoms with Gasteiger partial charge in [0, 0.05) is 5.56 Å². The number of ether oxygens (including phenoxy) is 1. The predicted octanol–water partition coefficient (Wildman–Crippen LogP) is 6.14. The molecule has 0 radical (unpaired) electrons. The molecule has 4 rings (SSSR count). The lowest BCUT2D eigenvalue weighted by Crippen LogP contribution is -2.40. The van der Waals surface area contributed by atoms with Gasteiger partial charge in [-0.15, -0.1) is 0 Å². The number of allylic oxidation sites excluding steroid dienone is 2. The molecule has 0 bridgehead atoms. The highest BCUT2D eigenvalue weighted by Crippen LogP contribution is 2.62. The molecule has 24 heavy (non-hydrogen) atoms. The Hall–Kier alpha value is -1.50. The fourth-order valence-corrected chi connectivity index (χ4v) is 6.28. The topological polar surface area (TPSA) is 9.23 Å². The summed E-state index contributed by atoms with van der Waals surface area (Å²) in [5.74, 6) is 3.46. The molecule has 0 spiro atoms. The maximum atomic E-state index is 5.64. The third-order valence-electron chi connectivity index (χ3n) is 7.49. The molecule has 3 aliphatic rings. The highest BCUT2D eigenvalue weighted by molar-refractivity contribution is 5.60. The largest absolute Gasteiger partial charge is 0.496 e. The maximum absolute atomic E-state index is 5.64. The molecule has 128 valence electrons. The van der Waals surface area contributed by atoms with E-state index in [1.165, 1.54) is 38.5 Å². The number of fused-ring (bicyclic) bond motifs is 5. The van der Waals surface area contributed by atoms with E-state index in [0.717, 1.165) is 29.1 Å². The van der Waals surface area contributed by atoms with Gasteiger partial charge in [0.25, 0.3) is 0 Å². The number of hydrogen-bond donors (Lipinski definition) is 0. The van der Waals surface area contributed by atoms with E-state index < -0.39 is 0 Å². The second-order valence-corrected chi connectivity index (χ2v) is 8.22. The fraction of sp³-hybridized carbons (Fsp3) is 0.565. The molecule has 0 aliphatic heterocycles. The Bertz CT molecular complexity index is 698. The molecule has 4 atom stereocenters. The van der Waals surface area contributed by atoms with Crippen LogP contribution in [0.1, 0.15) is 68.6 Å². The summed E-state index contributed by atoms with van der Waals surface area (Å²) in [6.45, 7) is 8.75. The van der Waals surface area contributed by atoms with Gasteiger partial charge in [0.2, 0.25) is 0 Å². The van der Waals surface area contributed by atoms with Gasteiger partial charge >= 0.3 is 0 Å². The first kappa shape index (κ1) is 16.0. The molecule has 1 aromatic rings. The number of hydrogen-bond acceptors (Lipinski definition) is 1. The zero-order valence-corrected chi connectivity index (χ0v) is 15.4. The molecule has 0 aromatic heterocycles. The second kappa shape index (κ2) is 5.79. The van der Waals surface area contributed by atoms with Crippen molar-refractivity contribution in [1.82, 2.24) is 0 Å². The van der Waals surface area contributed by atoms with Crippen LogP contribution in [0.25, 0.3) is 6.08 Å². The van der Waals surface area contributed by atoms with Crippen LogP contribution in [-0.4, -0.2) is 7.11 Å². The first-order valence-electron chi connectivity index (χ1n) is 9.61. The molecular formula is C23H30O. The zero-order chi connectivity index (χ0) is 16.9. The van der Waals surface area contributed by atoms with E-state index in [-0.39, 0.29) is 0 Å². The summed E-state index contributed by atoms with van der Waals surface area (Å²) in [5, 5.41) is 0. The summed E-state index contributed by atoms with van der Waals surface area (Å²) in [5.41, 5.74) is 6.46. The number of rotatable bonds is 2. The van der Waals surface area contributed by atoms with Gasteiger partial charge in [-0.1, -0.05) is 31.2 Å². The number of methoxy groups -OCH3 is 1. The summed E-state index contributed by atoms with van der Waals surface area (Å²) in [7, 11) is 1.78. The Labute approximate surface area is 146 Å². The van der Waals surface area contributed by atoms with E-state index in [2.05, 4.69) is 38.6 Å². The summed E-state index contributed by atoms with van der Waals surface area (Å²) in [6.07, 6.45) is 12.3. The van der Waals surface area contributed by atoms with Gasteiger partial charge in [-0.05, 0) is 91.9 Å². The minimum atomic E-state index is 0.471. The second-order valence-electron chi connectivity index (χ2n) is 8.22. The molecule has 2 saturated carbocycles. The Balaban J connectivity index is 1.73. The summed E-state index contributed by atoms with van der Waals surface area (Å²) in [6, 6.07) is 4.66. The zero-order valence-electron chi connectivity index (χ0n) is 15.4. The summed E-state index contributed by atoms with van der Waals surface area (Å²) >= 11 is 0. The molecule has 2 fully saturated rings. The average molecular weight is 322 g/mol. The van der Waals surface area contributed by atoms with Crippen molar-refractivity contribution >= 4 is 6.08 Å². The van der Waals surface area contributed by atoms with Gasteiger partial charge in [0.15, 0.2) is 0 Å². The molecule has 0 N–H and O–H groups in total. The lowest BCUT2D eigenvalue weighted by atomic mass is 9.55. The maximum Gasteiger partial charge on any atom is 0.126 e. The first-order valence-corrected chi connectivity index (χ1v) is 9.61. The Morgan fingerprint density at radius 2 is 2.04 bits per heavy atom. The van der Waals surface area contributed by atoms with Crippen LogP contribution in [0.5, 0.6) is 5.75 Å². The van der Waals surface area contributed by atoms with Crippen LogP contribution >= 0.6 is 0 Å². The van der Waals surface area contributed by atoms with Crippen LogP contribution in [0.4, 0.5) is 0 Å². The normalized spacial score (nSPS) is 36.0. The lowest BCUT2D eigenvalue weighted by molar-refractivity contribution is 0.0812. The van der Waals surface area contributed by atoms with E-state index in [1.54, 1.807) is 23.8 Å². The van der Waals surface area contributed by atoms with Gasteiger partial charge in [-0.3, -0.25) is 0 Å². The molecule has 0 amide bonds. The minimum Gasteiger partial charge on any atom is -0.496 e. The SMILES string of the molecule is C=Cc1cc2c(cc1OC)C1CC[C@]3(C)/C(=C/C)CCC3C1CC2. The number of benzene rings is 1. The van der Waals surface area contributed by atoms with Crippen LogP contribution in [0.15, 0.2) is 30.4 Å². The Kier molecular flexibility index (Phi) is 3.86. The number of aryl methyl sites for hydroxylation is 1. The fourth-order valence-electron chi connectivity index (χ4n) is 6.28. The van der Waals surface area contributed by atoms with Crippen LogP contribution in [0, 0.1) is 17.3 Å². The van der Waals surface area contributed by atoms with E-state index in [4.69, 9.17) is 4.74 Å². The van der Waals surface area contributed by atoms with Crippen molar-refractivity contribution < 1.29 is 4.74 Å². The smallest absolute Gasteiger partial charge is 0.126 e. The van der Waals surface area contributed by atoms with Gasteiger partial charge in [-0.25, -0.2) is 0 Å². The van der Waals surface area contributed by atoms with Gasteiger partial charge in [0.1, 0.15) is 5.75 Å². The van der Waals surface area contributed by atoms with Crippen LogP contribution < -0.4 is 4.74 Å². The van der Waals surface area contributed by atoms with E-state index in [0.29, 0.717) is 5.41 Å². The Morgan fingerprint density at radius 1 is 1.21 bits per heavy atom. The Morgan fingerprint density at radius 3 is 2.75 bits per heavy atom. The summed E-state index contributed by atoms with van der Waals surface area (Å²) in [4.78, 5) is 0. The molecule has 1 heteroatoms. The molecule has 3 unspecified atom stereocenters. The van der Waals surface area contributed by atoms with Gasteiger partial charge in [-0.2, -0.15) is 0 Å². The molecule has 1 nitrogen and oxygen atoms in total. The van der Waals surface area contributed by atoms with Gasteiger partial charge in [0.05, 0.1) is 7.11 Å². The van der Waals surface area contributed by atoms with Crippen molar-refractivity contribution in [3.63, 3.8) is 0 Å². The quantitative estimate of drug-likeness (QED) is 0.594. The summed E-state index contributed by atoms with van der Waals surface area (Å²) < 4.78 is 5.64. The van der Waals surface area contributed by atoms with E-state index >= 15 is 0 Å². The van der Waals surface area contributed by atoms with Crippen molar-refractivity contribution in [1.29, 1.82) is 0 Å². The highest BCUT2D eigenvalue weighted by Gasteiger charge is 2.52. The van der Waals surface area contributed by atoms with Crippen molar-refractivity contribution in [2.24, 2.45) is 17.3 Å². The van der Waals surface area contributed by atoms with Gasteiger partial charge < -0.3 is 4.74 Å². The van der Waals surface area contributed by atoms with Crippen LogP contribution in [0.2, 0.25) is 0 Å². The third kappa shape index (κ3) is 2.13. The molecule has 0 saturated heterocycles. The van der Waals surface area contributed by atoms with Crippen molar-refractivity contribution in [2.75, 3.05) is 7.11 Å². The minimum absolute atomic E-state index is 0.471.